The number of aryl methyl sites for hydroxylation is 1. The van der Waals surface area contributed by atoms with E-state index in [2.05, 4.69) is 14.7 Å². The van der Waals surface area contributed by atoms with Crippen LogP contribution in [0, 0.1) is 6.92 Å². The highest BCUT2D eigenvalue weighted by Crippen LogP contribution is 2.26. The van der Waals surface area contributed by atoms with Gasteiger partial charge >= 0.3 is 0 Å². The molecule has 0 bridgehead atoms. The molecule has 20 heavy (non-hydrogen) atoms. The van der Waals surface area contributed by atoms with Gasteiger partial charge in [0.15, 0.2) is 15.1 Å². The minimum absolute atomic E-state index is 0.0583. The summed E-state index contributed by atoms with van der Waals surface area (Å²) in [6, 6.07) is 5.07. The third-order valence-corrected chi connectivity index (χ3v) is 5.07. The molecule has 0 saturated heterocycles. The summed E-state index contributed by atoms with van der Waals surface area (Å²) < 4.78 is 28.7. The van der Waals surface area contributed by atoms with Crippen molar-refractivity contribution >= 4 is 43.7 Å². The molecule has 104 valence electrons. The fourth-order valence-corrected chi connectivity index (χ4v) is 4.22. The molecule has 0 aliphatic heterocycles. The molecular weight excluding hydrogens is 320 g/mol. The Morgan fingerprint density at radius 3 is 2.90 bits per heavy atom. The van der Waals surface area contributed by atoms with Crippen molar-refractivity contribution < 1.29 is 8.42 Å². The SMILES string of the molecule is Cc1cccc(NS(=O)(=O)c2c(Cl)nc3sccn23)n1. The van der Waals surface area contributed by atoms with Crippen LogP contribution in [-0.2, 0) is 10.0 Å². The van der Waals surface area contributed by atoms with Crippen LogP contribution >= 0.6 is 22.9 Å². The summed E-state index contributed by atoms with van der Waals surface area (Å²) in [5.74, 6) is 0.242. The number of fused-ring (bicyclic) bond motifs is 1. The third kappa shape index (κ3) is 2.26. The molecular formula is C11H9ClN4O2S2. The second kappa shape index (κ2) is 4.72. The molecule has 0 aromatic carbocycles. The summed E-state index contributed by atoms with van der Waals surface area (Å²) in [6.07, 6.45) is 1.61. The normalized spacial score (nSPS) is 11.9. The highest BCUT2D eigenvalue weighted by Gasteiger charge is 2.25. The second-order valence-corrected chi connectivity index (χ2v) is 6.86. The average molecular weight is 329 g/mol. The van der Waals surface area contributed by atoms with Gasteiger partial charge in [-0.15, -0.1) is 11.3 Å². The van der Waals surface area contributed by atoms with Crippen LogP contribution in [0.15, 0.2) is 34.8 Å². The summed E-state index contributed by atoms with van der Waals surface area (Å²) >= 11 is 7.23. The van der Waals surface area contributed by atoms with Crippen molar-refractivity contribution in [1.82, 2.24) is 14.4 Å². The number of rotatable bonds is 3. The van der Waals surface area contributed by atoms with Crippen LogP contribution in [-0.4, -0.2) is 22.8 Å². The maximum atomic E-state index is 12.4. The molecule has 0 saturated carbocycles. The monoisotopic (exact) mass is 328 g/mol. The number of halogens is 1. The van der Waals surface area contributed by atoms with Crippen LogP contribution in [0.5, 0.6) is 0 Å². The van der Waals surface area contributed by atoms with E-state index in [-0.39, 0.29) is 16.0 Å². The van der Waals surface area contributed by atoms with Crippen molar-refractivity contribution in [2.75, 3.05) is 4.72 Å². The summed E-state index contributed by atoms with van der Waals surface area (Å²) in [7, 11) is -3.85. The number of imidazole rings is 1. The van der Waals surface area contributed by atoms with Crippen molar-refractivity contribution in [1.29, 1.82) is 0 Å². The maximum absolute atomic E-state index is 12.4. The van der Waals surface area contributed by atoms with Gasteiger partial charge < -0.3 is 0 Å². The molecule has 0 radical (unpaired) electrons. The Bertz CT molecular complexity index is 885. The van der Waals surface area contributed by atoms with Gasteiger partial charge in [0, 0.05) is 17.3 Å². The first-order chi connectivity index (χ1) is 9.47. The molecule has 3 aromatic heterocycles. The van der Waals surface area contributed by atoms with Crippen molar-refractivity contribution in [2.45, 2.75) is 11.9 Å². The van der Waals surface area contributed by atoms with Crippen LogP contribution in [0.4, 0.5) is 5.82 Å². The molecule has 0 fully saturated rings. The van der Waals surface area contributed by atoms with E-state index in [1.165, 1.54) is 15.7 Å². The molecule has 6 nitrogen and oxygen atoms in total. The number of pyridine rings is 1. The predicted octanol–water partition coefficient (Wildman–Crippen LogP) is 2.55. The van der Waals surface area contributed by atoms with Crippen LogP contribution in [0.2, 0.25) is 5.15 Å². The van der Waals surface area contributed by atoms with E-state index in [4.69, 9.17) is 11.6 Å². The van der Waals surface area contributed by atoms with Crippen LogP contribution in [0.3, 0.4) is 0 Å². The van der Waals surface area contributed by atoms with Gasteiger partial charge in [0.05, 0.1) is 0 Å². The first-order valence-electron chi connectivity index (χ1n) is 5.55. The van der Waals surface area contributed by atoms with Gasteiger partial charge in [-0.2, -0.15) is 8.42 Å². The van der Waals surface area contributed by atoms with Gasteiger partial charge in [-0.1, -0.05) is 17.7 Å². The van der Waals surface area contributed by atoms with Gasteiger partial charge in [-0.3, -0.25) is 9.12 Å². The first-order valence-corrected chi connectivity index (χ1v) is 8.29. The number of sulfonamides is 1. The number of nitrogens with one attached hydrogen (secondary N) is 1. The fraction of sp³-hybridized carbons (Fsp3) is 0.0909. The van der Waals surface area contributed by atoms with Crippen LogP contribution in [0.25, 0.3) is 4.96 Å². The van der Waals surface area contributed by atoms with E-state index in [0.29, 0.717) is 10.7 Å². The maximum Gasteiger partial charge on any atom is 0.282 e. The zero-order chi connectivity index (χ0) is 14.3. The van der Waals surface area contributed by atoms with Gasteiger partial charge in [-0.25, -0.2) is 9.97 Å². The molecule has 3 heterocycles. The number of nitrogens with zero attached hydrogens (tertiary/aromatic N) is 3. The Kier molecular flexibility index (Phi) is 3.15. The summed E-state index contributed by atoms with van der Waals surface area (Å²) in [4.78, 5) is 8.63. The molecule has 0 atom stereocenters. The van der Waals surface area contributed by atoms with E-state index in [1.54, 1.807) is 36.7 Å². The first kappa shape index (κ1) is 13.3. The molecule has 0 unspecified atom stereocenters. The van der Waals surface area contributed by atoms with Gasteiger partial charge in [0.2, 0.25) is 0 Å². The Hall–Kier alpha value is -1.64. The summed E-state index contributed by atoms with van der Waals surface area (Å²) in [6.45, 7) is 1.78. The number of anilines is 1. The lowest BCUT2D eigenvalue weighted by Gasteiger charge is -2.07. The molecule has 0 aliphatic carbocycles. The predicted molar refractivity (Wildman–Crippen MR) is 77.9 cm³/mol. The molecule has 9 heteroatoms. The van der Waals surface area contributed by atoms with E-state index in [0.717, 1.165) is 0 Å². The standard InChI is InChI=1S/C11H9ClN4O2S2/c1-7-3-2-4-8(13-7)15-20(17,18)10-9(12)14-11-16(10)5-6-19-11/h2-6H,1H3,(H,13,15). The van der Waals surface area contributed by atoms with Gasteiger partial charge in [-0.05, 0) is 19.1 Å². The zero-order valence-corrected chi connectivity index (χ0v) is 12.6. The lowest BCUT2D eigenvalue weighted by molar-refractivity contribution is 0.596. The van der Waals surface area contributed by atoms with E-state index >= 15 is 0 Å². The number of hydrogen-bond donors (Lipinski definition) is 1. The highest BCUT2D eigenvalue weighted by molar-refractivity contribution is 7.92. The molecule has 0 aliphatic rings. The largest absolute Gasteiger partial charge is 0.282 e. The zero-order valence-electron chi connectivity index (χ0n) is 10.2. The van der Waals surface area contributed by atoms with Gasteiger partial charge in [0.1, 0.15) is 5.82 Å². The smallest absolute Gasteiger partial charge is 0.278 e. The minimum atomic E-state index is -3.85. The van der Waals surface area contributed by atoms with Crippen LogP contribution in [0.1, 0.15) is 5.69 Å². The topological polar surface area (TPSA) is 76.4 Å². The summed E-state index contributed by atoms with van der Waals surface area (Å²) in [5.41, 5.74) is 0.713. The molecule has 0 spiro atoms. The average Bonchev–Trinajstić information content (AvgIpc) is 2.87. The van der Waals surface area contributed by atoms with Crippen molar-refractivity contribution in [3.8, 4) is 0 Å². The quantitative estimate of drug-likeness (QED) is 0.801. The van der Waals surface area contributed by atoms with E-state index in [9.17, 15) is 8.42 Å². The van der Waals surface area contributed by atoms with Crippen molar-refractivity contribution in [3.05, 3.63) is 40.6 Å². The van der Waals surface area contributed by atoms with Crippen molar-refractivity contribution in [3.63, 3.8) is 0 Å². The fourth-order valence-electron chi connectivity index (χ4n) is 1.76. The minimum Gasteiger partial charge on any atom is -0.278 e. The Labute approximate surface area is 124 Å². The van der Waals surface area contributed by atoms with Crippen LogP contribution < -0.4 is 4.72 Å². The lowest BCUT2D eigenvalue weighted by atomic mass is 10.4. The number of thiazole rings is 1. The Morgan fingerprint density at radius 1 is 1.35 bits per heavy atom. The molecule has 1 N–H and O–H groups in total. The highest BCUT2D eigenvalue weighted by atomic mass is 35.5. The molecule has 3 rings (SSSR count). The summed E-state index contributed by atoms with van der Waals surface area (Å²) in [5, 5.41) is 1.60. The third-order valence-electron chi connectivity index (χ3n) is 2.56. The van der Waals surface area contributed by atoms with E-state index in [1.807, 2.05) is 0 Å². The van der Waals surface area contributed by atoms with E-state index < -0.39 is 10.0 Å². The van der Waals surface area contributed by atoms with Crippen molar-refractivity contribution in [2.24, 2.45) is 0 Å². The number of hydrogen-bond acceptors (Lipinski definition) is 5. The lowest BCUT2D eigenvalue weighted by Crippen LogP contribution is -2.16. The molecule has 0 amide bonds. The Balaban J connectivity index is 2.08. The Morgan fingerprint density at radius 2 is 2.15 bits per heavy atom. The second-order valence-electron chi connectivity index (χ2n) is 4.03. The number of aromatic nitrogens is 3. The van der Waals surface area contributed by atoms with Gasteiger partial charge in [0.25, 0.3) is 10.0 Å². The molecule has 3 aromatic rings.